The van der Waals surface area contributed by atoms with Crippen molar-refractivity contribution in [1.29, 1.82) is 0 Å². The lowest BCUT2D eigenvalue weighted by molar-refractivity contribution is -0.133. The Morgan fingerprint density at radius 1 is 1.33 bits per heavy atom. The van der Waals surface area contributed by atoms with Crippen molar-refractivity contribution >= 4 is 5.91 Å². The third kappa shape index (κ3) is 3.39. The van der Waals surface area contributed by atoms with E-state index < -0.39 is 0 Å². The molecule has 2 fully saturated rings. The molecule has 1 amide bonds. The number of tetrazole rings is 1. The molecule has 0 spiro atoms. The fraction of sp³-hybridized carbons (Fsp3) is 0.529. The number of ether oxygens (including phenoxy) is 1. The lowest BCUT2D eigenvalue weighted by atomic mass is 10.2. The van der Waals surface area contributed by atoms with E-state index >= 15 is 0 Å². The van der Waals surface area contributed by atoms with Gasteiger partial charge in [-0.25, -0.2) is 0 Å². The maximum Gasteiger partial charge on any atom is 0.246 e. The summed E-state index contributed by atoms with van der Waals surface area (Å²) in [4.78, 5) is 16.1. The molecule has 2 saturated carbocycles. The first-order valence-corrected chi connectivity index (χ1v) is 8.43. The number of methoxy groups -OCH3 is 1. The van der Waals surface area contributed by atoms with Gasteiger partial charge in [0.1, 0.15) is 12.3 Å². The summed E-state index contributed by atoms with van der Waals surface area (Å²) < 4.78 is 5.26. The van der Waals surface area contributed by atoms with Crippen LogP contribution in [-0.2, 0) is 17.9 Å². The molecule has 0 unspecified atom stereocenters. The van der Waals surface area contributed by atoms with Crippen molar-refractivity contribution in [3.05, 3.63) is 35.7 Å². The van der Waals surface area contributed by atoms with Crippen LogP contribution >= 0.6 is 0 Å². The summed E-state index contributed by atoms with van der Waals surface area (Å²) in [5, 5.41) is 12.4. The summed E-state index contributed by atoms with van der Waals surface area (Å²) in [5.74, 6) is 2.07. The highest BCUT2D eigenvalue weighted by molar-refractivity contribution is 5.76. The minimum atomic E-state index is 0.0417. The van der Waals surface area contributed by atoms with E-state index in [0.717, 1.165) is 42.8 Å². The lowest BCUT2D eigenvalue weighted by Crippen LogP contribution is -2.35. The second kappa shape index (κ2) is 6.22. The molecule has 2 aliphatic carbocycles. The normalized spacial score (nSPS) is 16.9. The Hall–Kier alpha value is -2.44. The largest absolute Gasteiger partial charge is 0.497 e. The van der Waals surface area contributed by atoms with Gasteiger partial charge in [-0.3, -0.25) is 4.79 Å². The van der Waals surface area contributed by atoms with Gasteiger partial charge in [0.25, 0.3) is 0 Å². The summed E-state index contributed by atoms with van der Waals surface area (Å²) in [5.41, 5.74) is 1.07. The molecular formula is C17H21N5O2. The zero-order valence-electron chi connectivity index (χ0n) is 13.8. The van der Waals surface area contributed by atoms with Crippen LogP contribution in [0, 0.1) is 0 Å². The maximum atomic E-state index is 12.7. The molecule has 0 saturated heterocycles. The van der Waals surface area contributed by atoms with Crippen LogP contribution in [0.1, 0.15) is 43.0 Å². The second-order valence-corrected chi connectivity index (χ2v) is 6.56. The summed E-state index contributed by atoms with van der Waals surface area (Å²) in [6, 6.07) is 8.18. The molecule has 0 N–H and O–H groups in total. The van der Waals surface area contributed by atoms with Gasteiger partial charge in [-0.1, -0.05) is 12.1 Å². The number of nitrogens with zero attached hydrogens (tertiary/aromatic N) is 5. The fourth-order valence-electron chi connectivity index (χ4n) is 2.81. The summed E-state index contributed by atoms with van der Waals surface area (Å²) in [7, 11) is 1.65. The number of hydrogen-bond acceptors (Lipinski definition) is 5. The fourth-order valence-corrected chi connectivity index (χ4v) is 2.81. The summed E-state index contributed by atoms with van der Waals surface area (Å²) >= 11 is 0. The molecule has 4 rings (SSSR count). The highest BCUT2D eigenvalue weighted by Gasteiger charge is 2.33. The minimum Gasteiger partial charge on any atom is -0.497 e. The van der Waals surface area contributed by atoms with E-state index in [4.69, 9.17) is 4.74 Å². The highest BCUT2D eigenvalue weighted by atomic mass is 16.5. The van der Waals surface area contributed by atoms with E-state index in [1.807, 2.05) is 29.2 Å². The first-order valence-electron chi connectivity index (χ1n) is 8.43. The first kappa shape index (κ1) is 15.1. The number of rotatable bonds is 7. The van der Waals surface area contributed by atoms with Crippen LogP contribution in [0.25, 0.3) is 0 Å². The van der Waals surface area contributed by atoms with Gasteiger partial charge in [0, 0.05) is 18.5 Å². The number of carbonyl (C=O) groups is 1. The number of hydrogen-bond donors (Lipinski definition) is 0. The molecule has 2 aromatic rings. The topological polar surface area (TPSA) is 73.1 Å². The third-order valence-electron chi connectivity index (χ3n) is 4.48. The monoisotopic (exact) mass is 327 g/mol. The number of benzene rings is 1. The predicted octanol–water partition coefficient (Wildman–Crippen LogP) is 1.75. The quantitative estimate of drug-likeness (QED) is 0.774. The van der Waals surface area contributed by atoms with E-state index in [0.29, 0.717) is 18.5 Å². The van der Waals surface area contributed by atoms with E-state index in [1.54, 1.807) is 7.11 Å². The molecular weight excluding hydrogens is 306 g/mol. The maximum absolute atomic E-state index is 12.7. The van der Waals surface area contributed by atoms with Crippen LogP contribution in [0.5, 0.6) is 5.75 Å². The Balaban J connectivity index is 1.44. The summed E-state index contributed by atoms with van der Waals surface area (Å²) in [6.07, 6.45) is 4.38. The van der Waals surface area contributed by atoms with Crippen molar-refractivity contribution in [1.82, 2.24) is 25.1 Å². The average molecular weight is 327 g/mol. The number of amides is 1. The van der Waals surface area contributed by atoms with Gasteiger partial charge in [0.05, 0.1) is 7.11 Å². The molecule has 0 bridgehead atoms. The standard InChI is InChI=1S/C17H21N5O2/c1-24-15-4-2-3-12(9-15)10-21(14-7-8-14)16(23)11-22-19-17(18-20-22)13-5-6-13/h2-4,9,13-14H,5-8,10-11H2,1H3. The molecule has 7 nitrogen and oxygen atoms in total. The van der Waals surface area contributed by atoms with Crippen molar-refractivity contribution in [2.75, 3.05) is 7.11 Å². The Bertz CT molecular complexity index is 736. The number of carbonyl (C=O) groups excluding carboxylic acids is 1. The van der Waals surface area contributed by atoms with E-state index in [1.165, 1.54) is 4.80 Å². The van der Waals surface area contributed by atoms with Crippen LogP contribution in [0.2, 0.25) is 0 Å². The molecule has 1 heterocycles. The Kier molecular flexibility index (Phi) is 3.92. The van der Waals surface area contributed by atoms with Gasteiger partial charge >= 0.3 is 0 Å². The van der Waals surface area contributed by atoms with Crippen LogP contribution in [-0.4, -0.2) is 44.2 Å². The molecule has 0 atom stereocenters. The molecule has 0 aliphatic heterocycles. The molecule has 0 radical (unpaired) electrons. The molecule has 1 aromatic heterocycles. The molecule has 7 heteroatoms. The second-order valence-electron chi connectivity index (χ2n) is 6.56. The average Bonchev–Trinajstić information content (AvgIpc) is 3.52. The Morgan fingerprint density at radius 2 is 2.17 bits per heavy atom. The molecule has 24 heavy (non-hydrogen) atoms. The smallest absolute Gasteiger partial charge is 0.246 e. The molecule has 1 aromatic carbocycles. The Morgan fingerprint density at radius 3 is 2.88 bits per heavy atom. The van der Waals surface area contributed by atoms with Crippen LogP contribution < -0.4 is 4.74 Å². The van der Waals surface area contributed by atoms with Crippen molar-refractivity contribution in [2.24, 2.45) is 0 Å². The SMILES string of the molecule is COc1cccc(CN(C(=O)Cn2nnc(C3CC3)n2)C2CC2)c1. The van der Waals surface area contributed by atoms with Gasteiger partial charge in [-0.15, -0.1) is 10.2 Å². The van der Waals surface area contributed by atoms with Gasteiger partial charge in [0.2, 0.25) is 5.91 Å². The highest BCUT2D eigenvalue weighted by Crippen LogP contribution is 2.37. The minimum absolute atomic E-state index is 0.0417. The Labute approximate surface area is 140 Å². The third-order valence-corrected chi connectivity index (χ3v) is 4.48. The lowest BCUT2D eigenvalue weighted by Gasteiger charge is -2.22. The van der Waals surface area contributed by atoms with E-state index in [-0.39, 0.29) is 12.5 Å². The van der Waals surface area contributed by atoms with Crippen LogP contribution in [0.15, 0.2) is 24.3 Å². The summed E-state index contributed by atoms with van der Waals surface area (Å²) in [6.45, 7) is 0.741. The molecule has 126 valence electrons. The van der Waals surface area contributed by atoms with Gasteiger partial charge < -0.3 is 9.64 Å². The van der Waals surface area contributed by atoms with Crippen molar-refractivity contribution in [3.63, 3.8) is 0 Å². The van der Waals surface area contributed by atoms with E-state index in [2.05, 4.69) is 15.4 Å². The van der Waals surface area contributed by atoms with E-state index in [9.17, 15) is 4.79 Å². The zero-order valence-corrected chi connectivity index (χ0v) is 13.8. The van der Waals surface area contributed by atoms with Gasteiger partial charge in [0.15, 0.2) is 5.82 Å². The molecule has 2 aliphatic rings. The van der Waals surface area contributed by atoms with Crippen molar-refractivity contribution < 1.29 is 9.53 Å². The predicted molar refractivity (Wildman–Crippen MR) is 86.4 cm³/mol. The zero-order chi connectivity index (χ0) is 16.5. The van der Waals surface area contributed by atoms with Gasteiger partial charge in [-0.05, 0) is 48.6 Å². The van der Waals surface area contributed by atoms with Gasteiger partial charge in [-0.2, -0.15) is 4.80 Å². The number of aromatic nitrogens is 4. The van der Waals surface area contributed by atoms with Crippen molar-refractivity contribution in [3.8, 4) is 5.75 Å². The van der Waals surface area contributed by atoms with Crippen LogP contribution in [0.3, 0.4) is 0 Å². The van der Waals surface area contributed by atoms with Crippen molar-refractivity contribution in [2.45, 2.75) is 50.7 Å². The van der Waals surface area contributed by atoms with Crippen LogP contribution in [0.4, 0.5) is 0 Å². The first-order chi connectivity index (χ1) is 11.7.